The van der Waals surface area contributed by atoms with Crippen molar-refractivity contribution >= 4 is 5.97 Å². The van der Waals surface area contributed by atoms with Gasteiger partial charge in [-0.1, -0.05) is 25.5 Å². The van der Waals surface area contributed by atoms with E-state index in [-0.39, 0.29) is 50.3 Å². The molecule has 1 aliphatic heterocycles. The molecule has 0 bridgehead atoms. The lowest BCUT2D eigenvalue weighted by atomic mass is 9.84. The van der Waals surface area contributed by atoms with Crippen LogP contribution in [0.3, 0.4) is 0 Å². The number of unbranched alkanes of at least 4 members (excludes halogenated alkanes) is 2. The van der Waals surface area contributed by atoms with Crippen molar-refractivity contribution in [1.29, 1.82) is 0 Å². The first kappa shape index (κ1) is 26.2. The summed E-state index contributed by atoms with van der Waals surface area (Å²) in [7, 11) is 1.36. The van der Waals surface area contributed by atoms with Gasteiger partial charge < -0.3 is 24.4 Å². The van der Waals surface area contributed by atoms with E-state index >= 15 is 0 Å². The summed E-state index contributed by atoms with van der Waals surface area (Å²) in [5.74, 6) is -5.81. The number of carbonyl (C=O) groups excluding carboxylic acids is 1. The van der Waals surface area contributed by atoms with Gasteiger partial charge in [-0.25, -0.2) is 8.78 Å². The topological polar surface area (TPSA) is 85.2 Å². The second kappa shape index (κ2) is 12.2. The van der Waals surface area contributed by atoms with Crippen molar-refractivity contribution in [3.63, 3.8) is 0 Å². The predicted molar refractivity (Wildman–Crippen MR) is 112 cm³/mol. The smallest absolute Gasteiger partial charge is 0.305 e. The number of aliphatic hydroxyl groups excluding tert-OH is 2. The lowest BCUT2D eigenvalue weighted by molar-refractivity contribution is -0.297. The molecule has 180 valence electrons. The van der Waals surface area contributed by atoms with E-state index in [1.54, 1.807) is 0 Å². The number of carbonyl (C=O) groups is 1. The van der Waals surface area contributed by atoms with E-state index in [1.807, 2.05) is 19.1 Å². The molecule has 4 atom stereocenters. The molecule has 2 rings (SSSR count). The average molecular weight is 449 g/mol. The van der Waals surface area contributed by atoms with Crippen molar-refractivity contribution < 1.29 is 38.0 Å². The molecule has 2 N–H and O–H groups in total. The maximum absolute atomic E-state index is 14.9. The summed E-state index contributed by atoms with van der Waals surface area (Å²) in [5, 5.41) is 20.9. The summed E-state index contributed by atoms with van der Waals surface area (Å²) >= 11 is 0. The Morgan fingerprint density at radius 3 is 2.48 bits per heavy atom. The van der Waals surface area contributed by atoms with Gasteiger partial charge in [0.25, 0.3) is 0 Å². The largest absolute Gasteiger partial charge is 0.469 e. The molecule has 2 fully saturated rings. The highest BCUT2D eigenvalue weighted by molar-refractivity contribution is 5.69. The summed E-state index contributed by atoms with van der Waals surface area (Å²) in [6, 6.07) is 0. The Kier molecular flexibility index (Phi) is 10.3. The highest BCUT2D eigenvalue weighted by Gasteiger charge is 2.58. The van der Waals surface area contributed by atoms with Gasteiger partial charge in [-0.3, -0.25) is 4.79 Å². The van der Waals surface area contributed by atoms with Gasteiger partial charge in [0.05, 0.1) is 32.5 Å². The molecule has 8 heteroatoms. The lowest BCUT2D eigenvalue weighted by Crippen LogP contribution is -2.49. The summed E-state index contributed by atoms with van der Waals surface area (Å²) < 4.78 is 45.3. The van der Waals surface area contributed by atoms with E-state index in [1.165, 1.54) is 7.11 Å². The molecule has 31 heavy (non-hydrogen) atoms. The van der Waals surface area contributed by atoms with Crippen LogP contribution in [0.15, 0.2) is 12.2 Å². The molecule has 0 aromatic carbocycles. The maximum Gasteiger partial charge on any atom is 0.305 e. The number of rotatable bonds is 13. The van der Waals surface area contributed by atoms with E-state index < -0.39 is 23.9 Å². The molecular weight excluding hydrogens is 410 g/mol. The van der Waals surface area contributed by atoms with Crippen LogP contribution in [0.5, 0.6) is 0 Å². The Morgan fingerprint density at radius 2 is 1.84 bits per heavy atom. The number of halogens is 2. The Hall–Kier alpha value is -1.09. The van der Waals surface area contributed by atoms with Crippen LogP contribution in [-0.2, 0) is 19.0 Å². The summed E-state index contributed by atoms with van der Waals surface area (Å²) in [6.45, 7) is 2.13. The molecule has 0 amide bonds. The van der Waals surface area contributed by atoms with Crippen molar-refractivity contribution in [2.24, 2.45) is 11.8 Å². The number of hydrogen-bond acceptors (Lipinski definition) is 6. The molecule has 1 saturated carbocycles. The molecule has 0 aromatic heterocycles. The number of ether oxygens (including phenoxy) is 3. The van der Waals surface area contributed by atoms with Gasteiger partial charge in [0.1, 0.15) is 0 Å². The zero-order valence-electron chi connectivity index (χ0n) is 18.7. The number of alkyl halides is 2. The van der Waals surface area contributed by atoms with Crippen LogP contribution in [0.25, 0.3) is 0 Å². The van der Waals surface area contributed by atoms with Crippen LogP contribution in [-0.4, -0.2) is 60.4 Å². The third kappa shape index (κ3) is 6.94. The maximum atomic E-state index is 14.9. The van der Waals surface area contributed by atoms with E-state index in [4.69, 9.17) is 9.47 Å². The summed E-state index contributed by atoms with van der Waals surface area (Å²) in [6.07, 6.45) is 6.00. The van der Waals surface area contributed by atoms with Crippen molar-refractivity contribution in [2.75, 3.05) is 20.3 Å². The first-order valence-corrected chi connectivity index (χ1v) is 11.5. The Balaban J connectivity index is 1.93. The number of allylic oxidation sites excluding steroid dienone is 2. The molecule has 0 radical (unpaired) electrons. The monoisotopic (exact) mass is 448 g/mol. The normalized spacial score (nSPS) is 28.5. The van der Waals surface area contributed by atoms with Crippen molar-refractivity contribution in [3.8, 4) is 0 Å². The number of aliphatic hydroxyl groups is 2. The fourth-order valence-electron chi connectivity index (χ4n) is 4.68. The van der Waals surface area contributed by atoms with Crippen molar-refractivity contribution in [2.45, 2.75) is 95.0 Å². The summed E-state index contributed by atoms with van der Waals surface area (Å²) in [4.78, 5) is 11.1. The minimum Gasteiger partial charge on any atom is -0.469 e. The first-order chi connectivity index (χ1) is 14.8. The number of methoxy groups -OCH3 is 1. The third-order valence-corrected chi connectivity index (χ3v) is 6.54. The van der Waals surface area contributed by atoms with Gasteiger partial charge in [-0.2, -0.15) is 0 Å². The highest BCUT2D eigenvalue weighted by Crippen LogP contribution is 2.46. The molecule has 0 aromatic rings. The molecule has 6 nitrogen and oxygen atoms in total. The third-order valence-electron chi connectivity index (χ3n) is 6.54. The summed E-state index contributed by atoms with van der Waals surface area (Å²) in [5.41, 5.74) is 0. The van der Waals surface area contributed by atoms with Crippen LogP contribution < -0.4 is 0 Å². The second-order valence-corrected chi connectivity index (χ2v) is 8.67. The fraction of sp³-hybridized carbons (Fsp3) is 0.870. The SMILES string of the molecule is CCCCC(F)(F)C1(CC[C@@H]2[C@@H](CC=CCCCC(=O)OC)[C@@H](O)C[C@H]2O)OCCO1. The Morgan fingerprint density at radius 1 is 1.16 bits per heavy atom. The molecule has 1 heterocycles. The second-order valence-electron chi connectivity index (χ2n) is 8.67. The molecule has 0 unspecified atom stereocenters. The predicted octanol–water partition coefficient (Wildman–Crippen LogP) is 3.98. The average Bonchev–Trinajstić information content (AvgIpc) is 3.33. The molecule has 1 saturated heterocycles. The first-order valence-electron chi connectivity index (χ1n) is 11.5. The minimum absolute atomic E-state index is 0.0164. The molecule has 0 spiro atoms. The van der Waals surface area contributed by atoms with Crippen molar-refractivity contribution in [3.05, 3.63) is 12.2 Å². The Bertz CT molecular complexity index is 576. The van der Waals surface area contributed by atoms with Gasteiger partial charge in [0.15, 0.2) is 0 Å². The van der Waals surface area contributed by atoms with Crippen LogP contribution in [0.1, 0.15) is 71.1 Å². The van der Waals surface area contributed by atoms with Crippen LogP contribution in [0.4, 0.5) is 8.78 Å². The standard InChI is InChI=1S/C23H38F2O6/c1-3-4-12-22(24,25)23(30-14-15-31-23)13-11-18-17(19(26)16-20(18)27)9-7-5-6-8-10-21(28)29-2/h5,7,17-20,26-27H,3-4,6,8-16H2,1-2H3/t17-,18-,19+,20-/m1/s1. The van der Waals surface area contributed by atoms with Crippen molar-refractivity contribution in [1.82, 2.24) is 0 Å². The van der Waals surface area contributed by atoms with Gasteiger partial charge in [-0.05, 0) is 50.4 Å². The minimum atomic E-state index is -3.10. The van der Waals surface area contributed by atoms with Gasteiger partial charge in [0, 0.05) is 19.3 Å². The zero-order valence-corrected chi connectivity index (χ0v) is 18.7. The zero-order chi connectivity index (χ0) is 22.9. The fourth-order valence-corrected chi connectivity index (χ4v) is 4.68. The Labute approximate surface area is 183 Å². The quantitative estimate of drug-likeness (QED) is 0.252. The number of esters is 1. The molecular formula is C23H38F2O6. The molecule has 1 aliphatic carbocycles. The van der Waals surface area contributed by atoms with E-state index in [2.05, 4.69) is 4.74 Å². The van der Waals surface area contributed by atoms with Gasteiger partial charge >= 0.3 is 11.9 Å². The van der Waals surface area contributed by atoms with E-state index in [0.717, 1.165) is 0 Å². The number of hydrogen-bond donors (Lipinski definition) is 2. The van der Waals surface area contributed by atoms with E-state index in [0.29, 0.717) is 44.9 Å². The van der Waals surface area contributed by atoms with Crippen LogP contribution >= 0.6 is 0 Å². The van der Waals surface area contributed by atoms with Gasteiger partial charge in [0.2, 0.25) is 5.79 Å². The van der Waals surface area contributed by atoms with Gasteiger partial charge in [-0.15, -0.1) is 0 Å². The van der Waals surface area contributed by atoms with Crippen LogP contribution in [0, 0.1) is 11.8 Å². The van der Waals surface area contributed by atoms with Crippen LogP contribution in [0.2, 0.25) is 0 Å². The highest BCUT2D eigenvalue weighted by atomic mass is 19.3. The molecule has 2 aliphatic rings. The lowest BCUT2D eigenvalue weighted by Gasteiger charge is -2.36. The van der Waals surface area contributed by atoms with E-state index in [9.17, 15) is 23.8 Å².